The van der Waals surface area contributed by atoms with Gasteiger partial charge in [0.15, 0.2) is 0 Å². The second kappa shape index (κ2) is 6.01. The molecule has 144 valence electrons. The van der Waals surface area contributed by atoms with Gasteiger partial charge in [-0.25, -0.2) is 9.97 Å². The maximum Gasteiger partial charge on any atom is 0.132 e. The van der Waals surface area contributed by atoms with Crippen LogP contribution >= 0.6 is 0 Å². The summed E-state index contributed by atoms with van der Waals surface area (Å²) in [5.74, 6) is 1.90. The molecular weight excluding hydrogens is 352 g/mol. The first kappa shape index (κ1) is 16.5. The standard InChI is InChI=1S/C22H24N4O2/c1-22(6-7-22)28-15-3-2-14-10-23-21(18(14)8-15)19-9-20(25-13-24-19)26-11-16-4-5-17(12-26)27-16/h2-3,8-9,13,16-17H,4-7,10-12H2,1H3. The SMILES string of the molecule is CC1(Oc2ccc3c(c2)C(c2cc(N4CC5CCC(C4)O5)ncn2)=NC3)CC1. The van der Waals surface area contributed by atoms with E-state index in [1.165, 1.54) is 5.56 Å². The Bertz CT molecular complexity index is 957. The van der Waals surface area contributed by atoms with Crippen LogP contribution in [-0.2, 0) is 11.3 Å². The lowest BCUT2D eigenvalue weighted by molar-refractivity contribution is 0.0302. The average molecular weight is 376 g/mol. The number of nitrogens with zero attached hydrogens (tertiary/aromatic N) is 4. The molecule has 2 atom stereocenters. The summed E-state index contributed by atoms with van der Waals surface area (Å²) < 4.78 is 12.1. The van der Waals surface area contributed by atoms with Crippen molar-refractivity contribution in [2.75, 3.05) is 18.0 Å². The number of aromatic nitrogens is 2. The molecule has 28 heavy (non-hydrogen) atoms. The summed E-state index contributed by atoms with van der Waals surface area (Å²) in [5.41, 5.74) is 4.21. The zero-order valence-electron chi connectivity index (χ0n) is 16.1. The molecule has 4 aliphatic rings. The van der Waals surface area contributed by atoms with Crippen molar-refractivity contribution in [3.8, 4) is 5.75 Å². The van der Waals surface area contributed by atoms with E-state index in [0.29, 0.717) is 18.8 Å². The molecule has 0 N–H and O–H groups in total. The van der Waals surface area contributed by atoms with E-state index in [1.54, 1.807) is 6.33 Å². The number of aliphatic imine (C=N–C) groups is 1. The third-order valence-electron chi connectivity index (χ3n) is 6.33. The van der Waals surface area contributed by atoms with Crippen LogP contribution in [0.25, 0.3) is 0 Å². The molecule has 6 heteroatoms. The predicted octanol–water partition coefficient (Wildman–Crippen LogP) is 3.13. The first-order valence-electron chi connectivity index (χ1n) is 10.2. The highest BCUT2D eigenvalue weighted by Gasteiger charge is 2.40. The van der Waals surface area contributed by atoms with Crippen LogP contribution in [0.5, 0.6) is 5.75 Å². The van der Waals surface area contributed by atoms with Gasteiger partial charge in [0.05, 0.1) is 30.2 Å². The molecule has 4 heterocycles. The summed E-state index contributed by atoms with van der Waals surface area (Å²) in [7, 11) is 0. The number of hydrogen-bond donors (Lipinski definition) is 0. The second-order valence-electron chi connectivity index (χ2n) is 8.66. The smallest absolute Gasteiger partial charge is 0.132 e. The Kier molecular flexibility index (Phi) is 3.54. The molecule has 1 aromatic carbocycles. The van der Waals surface area contributed by atoms with Gasteiger partial charge in [-0.15, -0.1) is 0 Å². The normalized spacial score (nSPS) is 26.8. The van der Waals surface area contributed by atoms with Crippen molar-refractivity contribution in [2.45, 2.75) is 57.0 Å². The Balaban J connectivity index is 1.29. The molecule has 0 spiro atoms. The molecule has 6 rings (SSSR count). The second-order valence-corrected chi connectivity index (χ2v) is 8.66. The fourth-order valence-corrected chi connectivity index (χ4v) is 4.46. The number of morpholine rings is 1. The molecule has 1 saturated carbocycles. The fourth-order valence-electron chi connectivity index (χ4n) is 4.46. The van der Waals surface area contributed by atoms with E-state index < -0.39 is 0 Å². The van der Waals surface area contributed by atoms with Crippen molar-refractivity contribution in [3.05, 3.63) is 47.4 Å². The minimum atomic E-state index is 0.0158. The van der Waals surface area contributed by atoms with Crippen molar-refractivity contribution in [2.24, 2.45) is 4.99 Å². The minimum absolute atomic E-state index is 0.0158. The molecule has 2 saturated heterocycles. The van der Waals surface area contributed by atoms with Gasteiger partial charge in [0.2, 0.25) is 0 Å². The Morgan fingerprint density at radius 1 is 1.11 bits per heavy atom. The van der Waals surface area contributed by atoms with E-state index in [-0.39, 0.29) is 5.60 Å². The van der Waals surface area contributed by atoms with Crippen molar-refractivity contribution in [1.29, 1.82) is 0 Å². The number of hydrogen-bond acceptors (Lipinski definition) is 6. The molecule has 1 aliphatic carbocycles. The van der Waals surface area contributed by atoms with Gasteiger partial charge in [-0.3, -0.25) is 4.99 Å². The fraction of sp³-hybridized carbons (Fsp3) is 0.500. The number of fused-ring (bicyclic) bond motifs is 3. The van der Waals surface area contributed by atoms with Gasteiger partial charge in [0, 0.05) is 24.7 Å². The lowest BCUT2D eigenvalue weighted by Crippen LogP contribution is -2.43. The molecule has 2 bridgehead atoms. The zero-order chi connectivity index (χ0) is 18.7. The van der Waals surface area contributed by atoms with Crippen LogP contribution in [0, 0.1) is 0 Å². The number of ether oxygens (including phenoxy) is 2. The maximum atomic E-state index is 6.16. The van der Waals surface area contributed by atoms with Gasteiger partial charge in [0.1, 0.15) is 23.5 Å². The zero-order valence-corrected chi connectivity index (χ0v) is 16.1. The van der Waals surface area contributed by atoms with E-state index in [1.807, 2.05) is 0 Å². The maximum absolute atomic E-state index is 6.16. The van der Waals surface area contributed by atoms with E-state index in [4.69, 9.17) is 14.5 Å². The van der Waals surface area contributed by atoms with Crippen LogP contribution in [0.1, 0.15) is 49.4 Å². The first-order chi connectivity index (χ1) is 13.7. The number of rotatable bonds is 4. The van der Waals surface area contributed by atoms with Gasteiger partial charge in [-0.1, -0.05) is 6.07 Å². The lowest BCUT2D eigenvalue weighted by Gasteiger charge is -2.33. The molecule has 6 nitrogen and oxygen atoms in total. The van der Waals surface area contributed by atoms with Crippen LogP contribution in [0.3, 0.4) is 0 Å². The summed E-state index contributed by atoms with van der Waals surface area (Å²) >= 11 is 0. The quantitative estimate of drug-likeness (QED) is 0.821. The molecule has 2 aromatic rings. The largest absolute Gasteiger partial charge is 0.488 e. The Morgan fingerprint density at radius 3 is 2.71 bits per heavy atom. The van der Waals surface area contributed by atoms with Crippen LogP contribution < -0.4 is 9.64 Å². The van der Waals surface area contributed by atoms with Gasteiger partial charge >= 0.3 is 0 Å². The van der Waals surface area contributed by atoms with Gasteiger partial charge in [0.25, 0.3) is 0 Å². The molecule has 2 unspecified atom stereocenters. The molecule has 1 aromatic heterocycles. The van der Waals surface area contributed by atoms with E-state index in [9.17, 15) is 0 Å². The Labute approximate surface area is 164 Å². The van der Waals surface area contributed by atoms with Gasteiger partial charge in [-0.2, -0.15) is 0 Å². The monoisotopic (exact) mass is 376 g/mol. The summed E-state index contributed by atoms with van der Waals surface area (Å²) in [5, 5.41) is 0. The van der Waals surface area contributed by atoms with Crippen molar-refractivity contribution in [3.63, 3.8) is 0 Å². The van der Waals surface area contributed by atoms with Crippen molar-refractivity contribution in [1.82, 2.24) is 9.97 Å². The molecule has 3 aliphatic heterocycles. The van der Waals surface area contributed by atoms with Crippen LogP contribution in [0.4, 0.5) is 5.82 Å². The Morgan fingerprint density at radius 2 is 1.93 bits per heavy atom. The summed E-state index contributed by atoms with van der Waals surface area (Å²) in [4.78, 5) is 16.2. The average Bonchev–Trinajstić information content (AvgIpc) is 3.14. The van der Waals surface area contributed by atoms with E-state index in [2.05, 4.69) is 46.1 Å². The highest BCUT2D eigenvalue weighted by atomic mass is 16.5. The highest BCUT2D eigenvalue weighted by Crippen LogP contribution is 2.40. The summed E-state index contributed by atoms with van der Waals surface area (Å²) in [6.45, 7) is 4.68. The summed E-state index contributed by atoms with van der Waals surface area (Å²) in [6.07, 6.45) is 6.90. The summed E-state index contributed by atoms with van der Waals surface area (Å²) in [6, 6.07) is 8.40. The first-order valence-corrected chi connectivity index (χ1v) is 10.2. The Hall–Kier alpha value is -2.47. The van der Waals surface area contributed by atoms with Gasteiger partial charge < -0.3 is 14.4 Å². The molecule has 3 fully saturated rings. The van der Waals surface area contributed by atoms with Crippen molar-refractivity contribution >= 4 is 11.5 Å². The molecular formula is C22H24N4O2. The van der Waals surface area contributed by atoms with Crippen molar-refractivity contribution < 1.29 is 9.47 Å². The third-order valence-corrected chi connectivity index (χ3v) is 6.33. The van der Waals surface area contributed by atoms with Crippen LogP contribution in [0.15, 0.2) is 35.6 Å². The minimum Gasteiger partial charge on any atom is -0.488 e. The number of benzene rings is 1. The van der Waals surface area contributed by atoms with Crippen LogP contribution in [0.2, 0.25) is 0 Å². The third kappa shape index (κ3) is 2.87. The van der Waals surface area contributed by atoms with Gasteiger partial charge in [-0.05, 0) is 50.3 Å². The number of anilines is 1. The lowest BCUT2D eigenvalue weighted by atomic mass is 10.0. The highest BCUT2D eigenvalue weighted by molar-refractivity contribution is 6.14. The molecule has 0 amide bonds. The van der Waals surface area contributed by atoms with Crippen LogP contribution in [-0.4, -0.2) is 46.6 Å². The van der Waals surface area contributed by atoms with E-state index >= 15 is 0 Å². The molecule has 0 radical (unpaired) electrons. The predicted molar refractivity (Wildman–Crippen MR) is 106 cm³/mol. The van der Waals surface area contributed by atoms with E-state index in [0.717, 1.165) is 67.3 Å². The topological polar surface area (TPSA) is 59.8 Å².